The number of amides is 1. The topological polar surface area (TPSA) is 20.3 Å². The molecular weight excluding hydrogens is 158 g/mol. The molecule has 0 N–H and O–H groups in total. The number of carbonyl (C=O) groups excluding carboxylic acids is 1. The van der Waals surface area contributed by atoms with E-state index in [4.69, 9.17) is 0 Å². The minimum absolute atomic E-state index is 0.771. The zero-order valence-electron chi connectivity index (χ0n) is 6.19. The highest BCUT2D eigenvalue weighted by Gasteiger charge is 1.95. The third kappa shape index (κ3) is 1.98. The van der Waals surface area contributed by atoms with E-state index in [1.807, 2.05) is 24.3 Å². The van der Waals surface area contributed by atoms with Gasteiger partial charge in [0.05, 0.1) is 0 Å². The van der Waals surface area contributed by atoms with Crippen molar-refractivity contribution in [2.24, 2.45) is 0 Å². The van der Waals surface area contributed by atoms with Crippen LogP contribution in [-0.4, -0.2) is 13.5 Å². The predicted octanol–water partition coefficient (Wildman–Crippen LogP) is 1.57. The van der Waals surface area contributed by atoms with Gasteiger partial charge in [0.15, 0.2) is 0 Å². The summed E-state index contributed by atoms with van der Waals surface area (Å²) in [5.74, 6) is 0. The van der Waals surface area contributed by atoms with Crippen molar-refractivity contribution in [2.45, 2.75) is 4.90 Å². The van der Waals surface area contributed by atoms with Crippen LogP contribution in [0.1, 0.15) is 0 Å². The average Bonchev–Trinajstić information content (AvgIpc) is 2.05. The maximum Gasteiger partial charge on any atom is 0.213 e. The molecule has 0 bridgehead atoms. The standard InChI is InChI=1S/C8H9NOS/c1-9(6-10)7-2-4-8(11)5-3-7/h2-6,11H,1H3. The molecule has 3 heteroatoms. The number of thiol groups is 1. The lowest BCUT2D eigenvalue weighted by Crippen LogP contribution is -2.13. The first-order valence-corrected chi connectivity index (χ1v) is 3.66. The summed E-state index contributed by atoms with van der Waals surface area (Å²) >= 11 is 4.12. The molecule has 0 heterocycles. The van der Waals surface area contributed by atoms with Crippen LogP contribution in [0.15, 0.2) is 29.2 Å². The van der Waals surface area contributed by atoms with Gasteiger partial charge in [0.1, 0.15) is 0 Å². The van der Waals surface area contributed by atoms with E-state index in [1.165, 1.54) is 4.90 Å². The Hall–Kier alpha value is -0.960. The third-order valence-corrected chi connectivity index (χ3v) is 1.71. The summed E-state index contributed by atoms with van der Waals surface area (Å²) in [6, 6.07) is 7.38. The fourth-order valence-electron chi connectivity index (χ4n) is 0.749. The molecule has 1 rings (SSSR count). The van der Waals surface area contributed by atoms with Gasteiger partial charge in [-0.1, -0.05) is 0 Å². The van der Waals surface area contributed by atoms with Gasteiger partial charge in [-0.2, -0.15) is 0 Å². The molecule has 0 radical (unpaired) electrons. The highest BCUT2D eigenvalue weighted by atomic mass is 32.1. The molecule has 0 saturated heterocycles. The first-order valence-electron chi connectivity index (χ1n) is 3.21. The van der Waals surface area contributed by atoms with Crippen LogP contribution in [0.5, 0.6) is 0 Å². The lowest BCUT2D eigenvalue weighted by molar-refractivity contribution is -0.107. The van der Waals surface area contributed by atoms with Crippen molar-refractivity contribution in [1.29, 1.82) is 0 Å². The van der Waals surface area contributed by atoms with Gasteiger partial charge in [0.2, 0.25) is 6.41 Å². The number of rotatable bonds is 2. The fourth-order valence-corrected chi connectivity index (χ4v) is 0.898. The zero-order valence-corrected chi connectivity index (χ0v) is 7.08. The zero-order chi connectivity index (χ0) is 8.27. The van der Waals surface area contributed by atoms with Crippen LogP contribution in [0.3, 0.4) is 0 Å². The second kappa shape index (κ2) is 3.44. The van der Waals surface area contributed by atoms with Crippen molar-refractivity contribution < 1.29 is 4.79 Å². The fraction of sp³-hybridized carbons (Fsp3) is 0.125. The van der Waals surface area contributed by atoms with Crippen LogP contribution in [0.2, 0.25) is 0 Å². The van der Waals surface area contributed by atoms with Crippen LogP contribution >= 0.6 is 12.6 Å². The molecule has 1 aromatic rings. The van der Waals surface area contributed by atoms with E-state index in [1.54, 1.807) is 7.05 Å². The number of benzene rings is 1. The van der Waals surface area contributed by atoms with E-state index in [2.05, 4.69) is 12.6 Å². The Morgan fingerprint density at radius 2 is 1.91 bits per heavy atom. The van der Waals surface area contributed by atoms with Gasteiger partial charge >= 0.3 is 0 Å². The minimum Gasteiger partial charge on any atom is -0.318 e. The van der Waals surface area contributed by atoms with Crippen molar-refractivity contribution >= 4 is 24.7 Å². The van der Waals surface area contributed by atoms with Gasteiger partial charge in [-0.15, -0.1) is 12.6 Å². The Balaban J connectivity index is 2.89. The number of hydrogen-bond acceptors (Lipinski definition) is 2. The molecule has 2 nitrogen and oxygen atoms in total. The monoisotopic (exact) mass is 167 g/mol. The number of nitrogens with zero attached hydrogens (tertiary/aromatic N) is 1. The second-order valence-electron chi connectivity index (χ2n) is 2.23. The van der Waals surface area contributed by atoms with Crippen molar-refractivity contribution in [2.75, 3.05) is 11.9 Å². The summed E-state index contributed by atoms with van der Waals surface area (Å²) in [7, 11) is 1.71. The average molecular weight is 167 g/mol. The smallest absolute Gasteiger partial charge is 0.213 e. The van der Waals surface area contributed by atoms with Gasteiger partial charge in [0, 0.05) is 17.6 Å². The molecule has 0 aliphatic carbocycles. The van der Waals surface area contributed by atoms with Gasteiger partial charge in [-0.3, -0.25) is 4.79 Å². The molecule has 0 aromatic heterocycles. The molecule has 0 saturated carbocycles. The minimum atomic E-state index is 0.771. The van der Waals surface area contributed by atoms with Crippen molar-refractivity contribution in [1.82, 2.24) is 0 Å². The number of anilines is 1. The molecular formula is C8H9NOS. The lowest BCUT2D eigenvalue weighted by Gasteiger charge is -2.09. The lowest BCUT2D eigenvalue weighted by atomic mass is 10.3. The van der Waals surface area contributed by atoms with Crippen LogP contribution in [-0.2, 0) is 4.79 Å². The quantitative estimate of drug-likeness (QED) is 0.523. The molecule has 0 aliphatic rings. The Morgan fingerprint density at radius 1 is 1.36 bits per heavy atom. The van der Waals surface area contributed by atoms with Crippen LogP contribution in [0.25, 0.3) is 0 Å². The van der Waals surface area contributed by atoms with E-state index in [0.29, 0.717) is 0 Å². The molecule has 11 heavy (non-hydrogen) atoms. The van der Waals surface area contributed by atoms with Gasteiger partial charge in [-0.05, 0) is 24.3 Å². The summed E-state index contributed by atoms with van der Waals surface area (Å²) in [5.41, 5.74) is 0.873. The van der Waals surface area contributed by atoms with E-state index in [0.717, 1.165) is 17.0 Å². The van der Waals surface area contributed by atoms with Gasteiger partial charge in [-0.25, -0.2) is 0 Å². The molecule has 0 spiro atoms. The second-order valence-corrected chi connectivity index (χ2v) is 2.75. The SMILES string of the molecule is CN(C=O)c1ccc(S)cc1. The molecule has 0 atom stereocenters. The highest BCUT2D eigenvalue weighted by Crippen LogP contribution is 2.13. The van der Waals surface area contributed by atoms with Crippen LogP contribution < -0.4 is 4.90 Å². The predicted molar refractivity (Wildman–Crippen MR) is 48.2 cm³/mol. The Bertz CT molecular complexity index is 245. The molecule has 0 fully saturated rings. The molecule has 0 unspecified atom stereocenters. The first kappa shape index (κ1) is 8.14. The largest absolute Gasteiger partial charge is 0.318 e. The summed E-state index contributed by atoms with van der Waals surface area (Å²) in [4.78, 5) is 12.7. The Kier molecular flexibility index (Phi) is 2.54. The summed E-state index contributed by atoms with van der Waals surface area (Å²) in [6.07, 6.45) is 0.771. The molecule has 1 amide bonds. The number of hydrogen-bond donors (Lipinski definition) is 1. The molecule has 58 valence electrons. The van der Waals surface area contributed by atoms with Gasteiger partial charge < -0.3 is 4.90 Å². The third-order valence-electron chi connectivity index (χ3n) is 1.42. The van der Waals surface area contributed by atoms with Crippen LogP contribution in [0, 0.1) is 0 Å². The van der Waals surface area contributed by atoms with Crippen molar-refractivity contribution in [3.63, 3.8) is 0 Å². The number of carbonyl (C=O) groups is 1. The first-order chi connectivity index (χ1) is 5.24. The molecule has 1 aromatic carbocycles. The summed E-state index contributed by atoms with van der Waals surface area (Å²) < 4.78 is 0. The maximum atomic E-state index is 10.3. The Morgan fingerprint density at radius 3 is 2.36 bits per heavy atom. The normalized spacial score (nSPS) is 9.27. The van der Waals surface area contributed by atoms with E-state index >= 15 is 0 Å². The highest BCUT2D eigenvalue weighted by molar-refractivity contribution is 7.80. The summed E-state index contributed by atoms with van der Waals surface area (Å²) in [6.45, 7) is 0. The van der Waals surface area contributed by atoms with Crippen molar-refractivity contribution in [3.05, 3.63) is 24.3 Å². The summed E-state index contributed by atoms with van der Waals surface area (Å²) in [5, 5.41) is 0. The Labute approximate surface area is 71.2 Å². The van der Waals surface area contributed by atoms with E-state index < -0.39 is 0 Å². The van der Waals surface area contributed by atoms with Crippen LogP contribution in [0.4, 0.5) is 5.69 Å². The van der Waals surface area contributed by atoms with Gasteiger partial charge in [0.25, 0.3) is 0 Å². The maximum absolute atomic E-state index is 10.3. The molecule has 0 aliphatic heterocycles. The van der Waals surface area contributed by atoms with Crippen molar-refractivity contribution in [3.8, 4) is 0 Å². The van der Waals surface area contributed by atoms with E-state index in [-0.39, 0.29) is 0 Å². The van der Waals surface area contributed by atoms with E-state index in [9.17, 15) is 4.79 Å².